The van der Waals surface area contributed by atoms with Crippen molar-refractivity contribution in [3.05, 3.63) is 42.5 Å². The average Bonchev–Trinajstić information content (AvgIpc) is 2.37. The Balaban J connectivity index is 2.11. The standard InChI is InChI=1S/C15H20O2/c1-2-10-17-13-7-5-6-12(11-13)14-8-3-4-9-15(14)16/h2,5-7,11,14-16H,1,3-4,8-10H2/t14-,15+/m0/s1. The van der Waals surface area contributed by atoms with Gasteiger partial charge in [-0.3, -0.25) is 0 Å². The first kappa shape index (κ1) is 12.2. The Bertz CT molecular complexity index is 373. The molecule has 1 aromatic carbocycles. The van der Waals surface area contributed by atoms with Gasteiger partial charge in [-0.15, -0.1) is 0 Å². The lowest BCUT2D eigenvalue weighted by atomic mass is 9.82. The number of aliphatic hydroxyl groups excluding tert-OH is 1. The zero-order chi connectivity index (χ0) is 12.1. The molecule has 0 aliphatic heterocycles. The first-order valence-electron chi connectivity index (χ1n) is 6.33. The molecule has 0 amide bonds. The van der Waals surface area contributed by atoms with Gasteiger partial charge < -0.3 is 9.84 Å². The van der Waals surface area contributed by atoms with E-state index in [-0.39, 0.29) is 12.0 Å². The fourth-order valence-electron chi connectivity index (χ4n) is 2.49. The van der Waals surface area contributed by atoms with E-state index in [0.29, 0.717) is 6.61 Å². The van der Waals surface area contributed by atoms with Crippen molar-refractivity contribution in [3.8, 4) is 5.75 Å². The number of aliphatic hydroxyl groups is 1. The van der Waals surface area contributed by atoms with Gasteiger partial charge in [0.1, 0.15) is 12.4 Å². The summed E-state index contributed by atoms with van der Waals surface area (Å²) in [5.74, 6) is 1.14. The Labute approximate surface area is 103 Å². The summed E-state index contributed by atoms with van der Waals surface area (Å²) in [6.07, 6.45) is 5.89. The molecule has 2 heteroatoms. The van der Waals surface area contributed by atoms with Crippen molar-refractivity contribution in [1.29, 1.82) is 0 Å². The van der Waals surface area contributed by atoms with Gasteiger partial charge in [0.25, 0.3) is 0 Å². The van der Waals surface area contributed by atoms with Crippen LogP contribution in [0.25, 0.3) is 0 Å². The van der Waals surface area contributed by atoms with Gasteiger partial charge in [0.05, 0.1) is 6.10 Å². The van der Waals surface area contributed by atoms with Crippen LogP contribution in [0.3, 0.4) is 0 Å². The summed E-state index contributed by atoms with van der Waals surface area (Å²) >= 11 is 0. The van der Waals surface area contributed by atoms with Crippen LogP contribution in [-0.4, -0.2) is 17.8 Å². The van der Waals surface area contributed by atoms with Crippen molar-refractivity contribution >= 4 is 0 Å². The number of hydrogen-bond acceptors (Lipinski definition) is 2. The normalized spacial score (nSPS) is 24.3. The van der Waals surface area contributed by atoms with E-state index in [0.717, 1.165) is 25.0 Å². The van der Waals surface area contributed by atoms with Gasteiger partial charge in [-0.25, -0.2) is 0 Å². The van der Waals surface area contributed by atoms with E-state index < -0.39 is 0 Å². The van der Waals surface area contributed by atoms with Crippen LogP contribution in [0.1, 0.15) is 37.2 Å². The molecule has 92 valence electrons. The molecule has 2 rings (SSSR count). The van der Waals surface area contributed by atoms with E-state index in [9.17, 15) is 5.11 Å². The fraction of sp³-hybridized carbons (Fsp3) is 0.467. The number of ether oxygens (including phenoxy) is 1. The second kappa shape index (κ2) is 5.87. The molecule has 17 heavy (non-hydrogen) atoms. The highest BCUT2D eigenvalue weighted by molar-refractivity contribution is 5.31. The predicted octanol–water partition coefficient (Wildman–Crippen LogP) is 3.27. The molecule has 1 aliphatic rings. The van der Waals surface area contributed by atoms with Gasteiger partial charge >= 0.3 is 0 Å². The van der Waals surface area contributed by atoms with E-state index in [2.05, 4.69) is 12.6 Å². The summed E-state index contributed by atoms with van der Waals surface area (Å²) in [4.78, 5) is 0. The molecule has 0 heterocycles. The van der Waals surface area contributed by atoms with Crippen molar-refractivity contribution in [2.75, 3.05) is 6.61 Å². The lowest BCUT2D eigenvalue weighted by Crippen LogP contribution is -2.22. The van der Waals surface area contributed by atoms with Crippen LogP contribution in [0.4, 0.5) is 0 Å². The highest BCUT2D eigenvalue weighted by Crippen LogP contribution is 2.34. The molecule has 0 radical (unpaired) electrons. The molecule has 0 bridgehead atoms. The third-order valence-corrected chi connectivity index (χ3v) is 3.38. The predicted molar refractivity (Wildman–Crippen MR) is 69.3 cm³/mol. The molecule has 1 saturated carbocycles. The summed E-state index contributed by atoms with van der Waals surface area (Å²) < 4.78 is 5.52. The van der Waals surface area contributed by atoms with Crippen molar-refractivity contribution in [3.63, 3.8) is 0 Å². The quantitative estimate of drug-likeness (QED) is 0.807. The lowest BCUT2D eigenvalue weighted by Gasteiger charge is -2.28. The maximum absolute atomic E-state index is 10.0. The van der Waals surface area contributed by atoms with E-state index >= 15 is 0 Å². The smallest absolute Gasteiger partial charge is 0.120 e. The summed E-state index contributed by atoms with van der Waals surface area (Å²) in [5, 5.41) is 10.0. The third kappa shape index (κ3) is 3.10. The van der Waals surface area contributed by atoms with E-state index in [4.69, 9.17) is 4.74 Å². The molecule has 1 N–H and O–H groups in total. The maximum atomic E-state index is 10.0. The highest BCUT2D eigenvalue weighted by Gasteiger charge is 2.24. The molecular formula is C15H20O2. The topological polar surface area (TPSA) is 29.5 Å². The lowest BCUT2D eigenvalue weighted by molar-refractivity contribution is 0.106. The first-order valence-corrected chi connectivity index (χ1v) is 6.33. The van der Waals surface area contributed by atoms with Gasteiger partial charge in [-0.05, 0) is 30.5 Å². The van der Waals surface area contributed by atoms with Crippen LogP contribution < -0.4 is 4.74 Å². The summed E-state index contributed by atoms with van der Waals surface area (Å²) in [6.45, 7) is 4.16. The Morgan fingerprint density at radius 3 is 2.94 bits per heavy atom. The molecular weight excluding hydrogens is 212 g/mol. The minimum atomic E-state index is -0.196. The zero-order valence-corrected chi connectivity index (χ0v) is 10.1. The Hall–Kier alpha value is -1.28. The van der Waals surface area contributed by atoms with Gasteiger partial charge in [0, 0.05) is 5.92 Å². The number of benzene rings is 1. The van der Waals surface area contributed by atoms with Crippen LogP contribution >= 0.6 is 0 Å². The second-order valence-corrected chi connectivity index (χ2v) is 4.63. The van der Waals surface area contributed by atoms with Crippen LogP contribution in [0.15, 0.2) is 36.9 Å². The van der Waals surface area contributed by atoms with Gasteiger partial charge in [-0.2, -0.15) is 0 Å². The monoisotopic (exact) mass is 232 g/mol. The summed E-state index contributed by atoms with van der Waals surface area (Å²) in [7, 11) is 0. The van der Waals surface area contributed by atoms with Gasteiger partial charge in [0.15, 0.2) is 0 Å². The van der Waals surface area contributed by atoms with Crippen molar-refractivity contribution in [1.82, 2.24) is 0 Å². The third-order valence-electron chi connectivity index (χ3n) is 3.38. The molecule has 2 atom stereocenters. The van der Waals surface area contributed by atoms with Crippen LogP contribution in [0, 0.1) is 0 Å². The Kier molecular flexibility index (Phi) is 4.21. The molecule has 0 saturated heterocycles. The average molecular weight is 232 g/mol. The van der Waals surface area contributed by atoms with Crippen LogP contribution in [-0.2, 0) is 0 Å². The van der Waals surface area contributed by atoms with E-state index in [1.165, 1.54) is 12.0 Å². The number of rotatable bonds is 4. The minimum Gasteiger partial charge on any atom is -0.490 e. The van der Waals surface area contributed by atoms with Crippen molar-refractivity contribution in [2.24, 2.45) is 0 Å². The Morgan fingerprint density at radius 1 is 1.35 bits per heavy atom. The fourth-order valence-corrected chi connectivity index (χ4v) is 2.49. The molecule has 1 fully saturated rings. The Morgan fingerprint density at radius 2 is 2.18 bits per heavy atom. The van der Waals surface area contributed by atoms with Crippen molar-refractivity contribution in [2.45, 2.75) is 37.7 Å². The molecule has 0 aromatic heterocycles. The first-order chi connectivity index (χ1) is 8.31. The second-order valence-electron chi connectivity index (χ2n) is 4.63. The highest BCUT2D eigenvalue weighted by atomic mass is 16.5. The van der Waals surface area contributed by atoms with Gasteiger partial charge in [-0.1, -0.05) is 37.6 Å². The summed E-state index contributed by atoms with van der Waals surface area (Å²) in [6, 6.07) is 8.07. The van der Waals surface area contributed by atoms with E-state index in [1.54, 1.807) is 6.08 Å². The van der Waals surface area contributed by atoms with Gasteiger partial charge in [0.2, 0.25) is 0 Å². The molecule has 0 spiro atoms. The molecule has 1 aromatic rings. The SMILES string of the molecule is C=CCOc1cccc([C@@H]2CCCC[C@H]2O)c1. The largest absolute Gasteiger partial charge is 0.490 e. The van der Waals surface area contributed by atoms with Crippen LogP contribution in [0.2, 0.25) is 0 Å². The molecule has 1 aliphatic carbocycles. The van der Waals surface area contributed by atoms with Crippen LogP contribution in [0.5, 0.6) is 5.75 Å². The summed E-state index contributed by atoms with van der Waals surface area (Å²) in [5.41, 5.74) is 1.19. The van der Waals surface area contributed by atoms with E-state index in [1.807, 2.05) is 18.2 Å². The molecule has 0 unspecified atom stereocenters. The number of hydrogen-bond donors (Lipinski definition) is 1. The van der Waals surface area contributed by atoms with Crippen molar-refractivity contribution < 1.29 is 9.84 Å². The molecule has 2 nitrogen and oxygen atoms in total. The zero-order valence-electron chi connectivity index (χ0n) is 10.1. The minimum absolute atomic E-state index is 0.196. The maximum Gasteiger partial charge on any atom is 0.120 e.